The van der Waals surface area contributed by atoms with E-state index in [9.17, 15) is 38.2 Å². The van der Waals surface area contributed by atoms with Gasteiger partial charge in [0, 0.05) is 11.8 Å². The van der Waals surface area contributed by atoms with Gasteiger partial charge in [0.1, 0.15) is 0 Å². The van der Waals surface area contributed by atoms with Crippen molar-refractivity contribution in [2.75, 3.05) is 22.6 Å². The van der Waals surface area contributed by atoms with Crippen molar-refractivity contribution in [3.63, 3.8) is 0 Å². The second-order valence-corrected chi connectivity index (χ2v) is 15.7. The van der Waals surface area contributed by atoms with Crippen LogP contribution in [0, 0.1) is 11.9 Å². The zero-order valence-corrected chi connectivity index (χ0v) is 35.9. The number of hydrogen-bond acceptors (Lipinski definition) is 19. The van der Waals surface area contributed by atoms with Gasteiger partial charge in [-0.15, -0.1) is 34.0 Å². The van der Waals surface area contributed by atoms with Crippen LogP contribution in [-0.2, 0) is 24.4 Å². The van der Waals surface area contributed by atoms with E-state index in [1.54, 1.807) is 72.3 Å². The highest BCUT2D eigenvalue weighted by Gasteiger charge is 2.18. The number of carboxylic acids is 2. The number of ether oxygens (including phenoxy) is 1. The van der Waals surface area contributed by atoms with Gasteiger partial charge in [0.2, 0.25) is 35.3 Å². The summed E-state index contributed by atoms with van der Waals surface area (Å²) in [5, 5.41) is 32.4. The number of anilines is 3. The van der Waals surface area contributed by atoms with Crippen molar-refractivity contribution in [3.05, 3.63) is 145 Å². The maximum atomic E-state index is 13.1. The molecular formula is C41H32F2N12O7S3. The molecule has 24 heteroatoms. The van der Waals surface area contributed by atoms with E-state index in [1.165, 1.54) is 52.2 Å². The fourth-order valence-electron chi connectivity index (χ4n) is 5.66. The quantitative estimate of drug-likeness (QED) is 0.0491. The minimum Gasteiger partial charge on any atom is -0.476 e. The highest BCUT2D eigenvalue weighted by Crippen LogP contribution is 2.26. The Morgan fingerprint density at radius 3 is 1.45 bits per heavy atom. The number of nitrogens with zero attached hydrogens (tertiary/aromatic N) is 8. The summed E-state index contributed by atoms with van der Waals surface area (Å²) >= 11 is 3.94. The number of rotatable bonds is 13. The highest BCUT2D eigenvalue weighted by molar-refractivity contribution is 7.18. The Labute approximate surface area is 376 Å². The SMILES string of the molecule is CCOC(=O)c1nc(NCc2cccc(F)n2)nc2ccsc12.O=C(O)c1nc(NCc2cccc(=O)[nH]2)nc2ccsc12.O=C(O)c1nc(NCc2cccc(F)n2)nc2ccsc12. The normalized spacial score (nSPS) is 10.7. The molecule has 0 aliphatic carbocycles. The van der Waals surface area contributed by atoms with Crippen molar-refractivity contribution in [1.82, 2.24) is 44.9 Å². The maximum absolute atomic E-state index is 13.1. The number of fused-ring (bicyclic) bond motifs is 3. The number of aromatic nitrogens is 9. The number of carbonyl (C=O) groups is 3. The molecule has 9 rings (SSSR count). The summed E-state index contributed by atoms with van der Waals surface area (Å²) in [6.07, 6.45) is 0. The molecule has 0 amide bonds. The Morgan fingerprint density at radius 1 is 0.585 bits per heavy atom. The molecule has 0 bridgehead atoms. The van der Waals surface area contributed by atoms with E-state index < -0.39 is 29.8 Å². The van der Waals surface area contributed by atoms with Crippen LogP contribution in [0.25, 0.3) is 30.6 Å². The van der Waals surface area contributed by atoms with Crippen LogP contribution in [0.4, 0.5) is 26.6 Å². The summed E-state index contributed by atoms with van der Waals surface area (Å²) in [4.78, 5) is 80.8. The third-order valence-electron chi connectivity index (χ3n) is 8.45. The van der Waals surface area contributed by atoms with Crippen molar-refractivity contribution in [2.24, 2.45) is 0 Å². The topological polar surface area (TPSA) is 273 Å². The first-order chi connectivity index (χ1) is 31.4. The number of nitrogens with one attached hydrogen (secondary N) is 4. The van der Waals surface area contributed by atoms with E-state index in [4.69, 9.17) is 4.74 Å². The fraction of sp³-hybridized carbons (Fsp3) is 0.122. The van der Waals surface area contributed by atoms with Gasteiger partial charge in [-0.25, -0.2) is 54.3 Å². The molecule has 0 atom stereocenters. The molecule has 0 aromatic carbocycles. The molecule has 330 valence electrons. The largest absolute Gasteiger partial charge is 0.476 e. The highest BCUT2D eigenvalue weighted by atomic mass is 32.1. The average molecular weight is 939 g/mol. The van der Waals surface area contributed by atoms with Gasteiger partial charge in [-0.1, -0.05) is 18.2 Å². The van der Waals surface area contributed by atoms with Gasteiger partial charge in [0.05, 0.1) is 68.3 Å². The van der Waals surface area contributed by atoms with Gasteiger partial charge in [-0.3, -0.25) is 4.79 Å². The second kappa shape index (κ2) is 20.9. The number of esters is 1. The van der Waals surface area contributed by atoms with Crippen LogP contribution in [0.15, 0.2) is 93.7 Å². The van der Waals surface area contributed by atoms with E-state index in [1.807, 2.05) is 5.38 Å². The average Bonchev–Trinajstić information content (AvgIpc) is 4.09. The molecule has 0 fully saturated rings. The fourth-order valence-corrected chi connectivity index (χ4v) is 8.09. The predicted octanol–water partition coefficient (Wildman–Crippen LogP) is 7.24. The lowest BCUT2D eigenvalue weighted by Crippen LogP contribution is -2.12. The lowest BCUT2D eigenvalue weighted by atomic mass is 10.3. The molecular weight excluding hydrogens is 907 g/mol. The van der Waals surface area contributed by atoms with Gasteiger partial charge < -0.3 is 35.9 Å². The molecule has 0 unspecified atom stereocenters. The molecule has 0 spiro atoms. The smallest absolute Gasteiger partial charge is 0.358 e. The summed E-state index contributed by atoms with van der Waals surface area (Å²) in [7, 11) is 0. The number of carbonyl (C=O) groups excluding carboxylic acids is 1. The first-order valence-electron chi connectivity index (χ1n) is 19.0. The Morgan fingerprint density at radius 2 is 1.02 bits per heavy atom. The van der Waals surface area contributed by atoms with Crippen molar-refractivity contribution in [1.29, 1.82) is 0 Å². The lowest BCUT2D eigenvalue weighted by molar-refractivity contribution is 0.0521. The van der Waals surface area contributed by atoms with Crippen LogP contribution >= 0.6 is 34.0 Å². The molecule has 0 saturated heterocycles. The van der Waals surface area contributed by atoms with Crippen molar-refractivity contribution >= 4 is 100 Å². The third kappa shape index (κ3) is 11.7. The van der Waals surface area contributed by atoms with E-state index in [0.29, 0.717) is 54.3 Å². The van der Waals surface area contributed by atoms with E-state index in [-0.39, 0.29) is 60.2 Å². The van der Waals surface area contributed by atoms with Crippen LogP contribution < -0.4 is 21.5 Å². The lowest BCUT2D eigenvalue weighted by Gasteiger charge is -2.07. The summed E-state index contributed by atoms with van der Waals surface area (Å²) in [6.45, 7) is 2.75. The zero-order chi connectivity index (χ0) is 45.9. The van der Waals surface area contributed by atoms with Crippen LogP contribution in [0.5, 0.6) is 0 Å². The minimum absolute atomic E-state index is 0.0287. The monoisotopic (exact) mass is 938 g/mol. The number of pyridine rings is 3. The Balaban J connectivity index is 0.000000146. The number of aromatic amines is 1. The Kier molecular flexibility index (Phi) is 14.5. The van der Waals surface area contributed by atoms with Crippen molar-refractivity contribution in [3.8, 4) is 0 Å². The zero-order valence-electron chi connectivity index (χ0n) is 33.5. The molecule has 6 N–H and O–H groups in total. The van der Waals surface area contributed by atoms with Crippen LogP contribution in [0.2, 0.25) is 0 Å². The van der Waals surface area contributed by atoms with Gasteiger partial charge in [0.25, 0.3) is 0 Å². The molecule has 19 nitrogen and oxygen atoms in total. The number of aromatic carboxylic acids is 2. The third-order valence-corrected chi connectivity index (χ3v) is 11.2. The molecule has 0 aliphatic rings. The number of thiophene rings is 3. The number of hydrogen-bond donors (Lipinski definition) is 6. The molecule has 0 saturated carbocycles. The summed E-state index contributed by atoms with van der Waals surface area (Å²) in [6, 6.07) is 19.0. The van der Waals surface area contributed by atoms with Crippen LogP contribution in [-0.4, -0.2) is 79.6 Å². The second-order valence-electron chi connectivity index (χ2n) is 12.9. The number of H-pyrrole nitrogens is 1. The van der Waals surface area contributed by atoms with Crippen LogP contribution in [0.3, 0.4) is 0 Å². The summed E-state index contributed by atoms with van der Waals surface area (Å²) in [5.41, 5.74) is 3.38. The standard InChI is InChI=1S/C15H13FN4O2S.C13H9FN4O2S.C13H10N4O3S/c1-2-22-14(21)12-13-10(6-7-23-13)19-15(20-12)17-8-9-4-3-5-11(16)18-9;14-9-3-1-2-7(16-9)6-15-13-17-8-4-5-21-11(8)10(18-13)12(19)20;18-9-3-1-2-7(15-9)6-14-13-16-8-4-5-21-11(8)10(17-13)12(19)20/h3-7H,2,8H2,1H3,(H,17,19,20);1-5H,6H2,(H,19,20)(H,15,17,18);1-5H,6H2,(H,15,18)(H,19,20)(H,14,16,17). The van der Waals surface area contributed by atoms with Gasteiger partial charge in [-0.2, -0.15) is 8.78 Å². The summed E-state index contributed by atoms with van der Waals surface area (Å²) < 4.78 is 32.8. The number of carboxylic acid groups (broad SMARTS) is 2. The minimum atomic E-state index is -1.11. The molecule has 9 aromatic heterocycles. The maximum Gasteiger partial charge on any atom is 0.358 e. The predicted molar refractivity (Wildman–Crippen MR) is 240 cm³/mol. The van der Waals surface area contributed by atoms with Gasteiger partial charge >= 0.3 is 17.9 Å². The Hall–Kier alpha value is -7.96. The van der Waals surface area contributed by atoms with E-state index >= 15 is 0 Å². The molecule has 0 radical (unpaired) electrons. The van der Waals surface area contributed by atoms with E-state index in [2.05, 4.69) is 60.8 Å². The van der Waals surface area contributed by atoms with Crippen molar-refractivity contribution < 1.29 is 38.1 Å². The van der Waals surface area contributed by atoms with Crippen molar-refractivity contribution in [2.45, 2.75) is 26.6 Å². The first kappa shape index (κ1) is 45.1. The Bertz CT molecular complexity index is 3220. The van der Waals surface area contributed by atoms with Gasteiger partial charge in [-0.05, 0) is 71.6 Å². The molecule has 65 heavy (non-hydrogen) atoms. The molecule has 9 aromatic rings. The van der Waals surface area contributed by atoms with Gasteiger partial charge in [0.15, 0.2) is 17.1 Å². The first-order valence-corrected chi connectivity index (χ1v) is 21.6. The van der Waals surface area contributed by atoms with Crippen LogP contribution in [0.1, 0.15) is 55.5 Å². The molecule has 0 aliphatic heterocycles. The summed E-state index contributed by atoms with van der Waals surface area (Å²) in [5.74, 6) is -3.18. The van der Waals surface area contributed by atoms with E-state index in [0.717, 1.165) is 0 Å². The molecule has 9 heterocycles. The number of halogens is 2.